The largest absolute Gasteiger partial charge is 0.481 e. The molecule has 0 spiro atoms. The summed E-state index contributed by atoms with van der Waals surface area (Å²) in [5.41, 5.74) is 0. The van der Waals surface area contributed by atoms with Crippen LogP contribution in [0.3, 0.4) is 0 Å². The zero-order valence-corrected chi connectivity index (χ0v) is 9.53. The van der Waals surface area contributed by atoms with Gasteiger partial charge in [-0.05, 0) is 0 Å². The number of hydrogen-bond acceptors (Lipinski definition) is 3. The molecule has 6 nitrogen and oxygen atoms in total. The highest BCUT2D eigenvalue weighted by Crippen LogP contribution is 2.17. The first-order valence-electron chi connectivity index (χ1n) is 5.09. The minimum absolute atomic E-state index is 0.0252. The van der Waals surface area contributed by atoms with Crippen LogP contribution in [-0.2, 0) is 9.53 Å². The van der Waals surface area contributed by atoms with Crippen molar-refractivity contribution in [3.8, 4) is 0 Å². The van der Waals surface area contributed by atoms with Gasteiger partial charge in [0.15, 0.2) is 0 Å². The maximum Gasteiger partial charge on any atom is 0.406 e. The van der Waals surface area contributed by atoms with E-state index in [1.165, 1.54) is 0 Å². The summed E-state index contributed by atoms with van der Waals surface area (Å²) in [7, 11) is 0.981. The quantitative estimate of drug-likeness (QED) is 0.772. The van der Waals surface area contributed by atoms with Gasteiger partial charge in [-0.3, -0.25) is 4.79 Å². The molecule has 9 heteroatoms. The Morgan fingerprint density at radius 1 is 1.44 bits per heavy atom. The normalized spacial score (nSPS) is 23.8. The summed E-state index contributed by atoms with van der Waals surface area (Å²) >= 11 is 0. The molecule has 0 bridgehead atoms. The molecule has 1 saturated heterocycles. The van der Waals surface area contributed by atoms with Gasteiger partial charge in [-0.15, -0.1) is 0 Å². The SMILES string of the molecule is CN(CC(F)(F)F)C(=O)NC1COCC1C(=O)O. The molecular formula is C9H13F3N2O4. The molecule has 0 aromatic carbocycles. The molecule has 0 aliphatic carbocycles. The number of amides is 2. The summed E-state index contributed by atoms with van der Waals surface area (Å²) < 4.78 is 41.0. The van der Waals surface area contributed by atoms with Gasteiger partial charge in [0.05, 0.1) is 19.3 Å². The number of carbonyl (C=O) groups is 2. The monoisotopic (exact) mass is 270 g/mol. The summed E-state index contributed by atoms with van der Waals surface area (Å²) in [6.07, 6.45) is -4.50. The molecule has 104 valence electrons. The van der Waals surface area contributed by atoms with Gasteiger partial charge < -0.3 is 20.1 Å². The van der Waals surface area contributed by atoms with Crippen molar-refractivity contribution in [1.29, 1.82) is 0 Å². The van der Waals surface area contributed by atoms with Crippen molar-refractivity contribution in [3.63, 3.8) is 0 Å². The third kappa shape index (κ3) is 4.06. The third-order valence-electron chi connectivity index (χ3n) is 2.47. The van der Waals surface area contributed by atoms with Crippen LogP contribution < -0.4 is 5.32 Å². The van der Waals surface area contributed by atoms with Crippen molar-refractivity contribution in [1.82, 2.24) is 10.2 Å². The lowest BCUT2D eigenvalue weighted by Crippen LogP contribution is -2.49. The number of carboxylic acids is 1. The molecule has 1 aliphatic heterocycles. The summed E-state index contributed by atoms with van der Waals surface area (Å²) in [6, 6.07) is -1.79. The second kappa shape index (κ2) is 5.42. The van der Waals surface area contributed by atoms with Gasteiger partial charge in [0.25, 0.3) is 0 Å². The third-order valence-corrected chi connectivity index (χ3v) is 2.47. The fourth-order valence-electron chi connectivity index (χ4n) is 1.55. The first kappa shape index (κ1) is 14.6. The summed E-state index contributed by atoms with van der Waals surface area (Å²) in [5.74, 6) is -2.09. The summed E-state index contributed by atoms with van der Waals surface area (Å²) in [6.45, 7) is -1.49. The highest BCUT2D eigenvalue weighted by Gasteiger charge is 2.37. The van der Waals surface area contributed by atoms with Crippen LogP contribution in [-0.4, -0.2) is 61.0 Å². The molecule has 2 amide bonds. The van der Waals surface area contributed by atoms with Crippen molar-refractivity contribution < 1.29 is 32.6 Å². The second-order valence-electron chi connectivity index (χ2n) is 4.01. The van der Waals surface area contributed by atoms with Crippen LogP contribution in [0.2, 0.25) is 0 Å². The Hall–Kier alpha value is -1.51. The first-order chi connectivity index (χ1) is 8.20. The van der Waals surface area contributed by atoms with Crippen LogP contribution in [0, 0.1) is 5.92 Å². The van der Waals surface area contributed by atoms with E-state index in [4.69, 9.17) is 9.84 Å². The van der Waals surface area contributed by atoms with E-state index < -0.39 is 36.7 Å². The van der Waals surface area contributed by atoms with Gasteiger partial charge in [-0.1, -0.05) is 0 Å². The lowest BCUT2D eigenvalue weighted by atomic mass is 10.0. The Balaban J connectivity index is 2.51. The molecule has 2 atom stereocenters. The molecule has 2 N–H and O–H groups in total. The van der Waals surface area contributed by atoms with Crippen LogP contribution in [0.1, 0.15) is 0 Å². The second-order valence-corrected chi connectivity index (χ2v) is 4.01. The van der Waals surface area contributed by atoms with Crippen molar-refractivity contribution in [3.05, 3.63) is 0 Å². The molecule has 1 rings (SSSR count). The lowest BCUT2D eigenvalue weighted by molar-refractivity contribution is -0.142. The highest BCUT2D eigenvalue weighted by atomic mass is 19.4. The van der Waals surface area contributed by atoms with E-state index in [0.717, 1.165) is 7.05 Å². The summed E-state index contributed by atoms with van der Waals surface area (Å²) in [4.78, 5) is 22.6. The van der Waals surface area contributed by atoms with Crippen LogP contribution >= 0.6 is 0 Å². The number of nitrogens with one attached hydrogen (secondary N) is 1. The Kier molecular flexibility index (Phi) is 4.38. The number of carbonyl (C=O) groups excluding carboxylic acids is 1. The number of urea groups is 1. The smallest absolute Gasteiger partial charge is 0.406 e. The van der Waals surface area contributed by atoms with Gasteiger partial charge >= 0.3 is 18.2 Å². The lowest BCUT2D eigenvalue weighted by Gasteiger charge is -2.23. The standard InChI is InChI=1S/C9H13F3N2O4/c1-14(4-9(10,11)12)8(17)13-6-3-18-2-5(6)7(15)16/h5-6H,2-4H2,1H3,(H,13,17)(H,15,16). The van der Waals surface area contributed by atoms with E-state index >= 15 is 0 Å². The van der Waals surface area contributed by atoms with Crippen LogP contribution in [0.5, 0.6) is 0 Å². The zero-order chi connectivity index (χ0) is 13.9. The van der Waals surface area contributed by atoms with Gasteiger partial charge in [0.2, 0.25) is 0 Å². The van der Waals surface area contributed by atoms with Gasteiger partial charge in [-0.2, -0.15) is 13.2 Å². The predicted octanol–water partition coefficient (Wildman–Crippen LogP) is 0.290. The summed E-state index contributed by atoms with van der Waals surface area (Å²) in [5, 5.41) is 11.0. The number of carboxylic acid groups (broad SMARTS) is 1. The van der Waals surface area contributed by atoms with Crippen molar-refractivity contribution in [2.45, 2.75) is 12.2 Å². The number of nitrogens with zero attached hydrogens (tertiary/aromatic N) is 1. The van der Waals surface area contributed by atoms with Crippen molar-refractivity contribution in [2.24, 2.45) is 5.92 Å². The molecule has 0 aromatic heterocycles. The van der Waals surface area contributed by atoms with Gasteiger partial charge in [0, 0.05) is 7.05 Å². The number of alkyl halides is 3. The number of halogens is 3. The Morgan fingerprint density at radius 3 is 2.56 bits per heavy atom. The molecule has 1 fully saturated rings. The molecule has 18 heavy (non-hydrogen) atoms. The molecule has 1 aliphatic rings. The maximum atomic E-state index is 12.0. The van der Waals surface area contributed by atoms with E-state index in [1.54, 1.807) is 0 Å². The molecule has 0 radical (unpaired) electrons. The highest BCUT2D eigenvalue weighted by molar-refractivity contribution is 5.77. The van der Waals surface area contributed by atoms with Crippen LogP contribution in [0.4, 0.5) is 18.0 Å². The van der Waals surface area contributed by atoms with Crippen molar-refractivity contribution >= 4 is 12.0 Å². The van der Waals surface area contributed by atoms with Crippen LogP contribution in [0.15, 0.2) is 0 Å². The Bertz CT molecular complexity index is 334. The minimum atomic E-state index is -4.50. The number of rotatable bonds is 3. The van der Waals surface area contributed by atoms with E-state index in [-0.39, 0.29) is 13.2 Å². The molecular weight excluding hydrogens is 257 g/mol. The van der Waals surface area contributed by atoms with Gasteiger partial charge in [-0.25, -0.2) is 4.79 Å². The van der Waals surface area contributed by atoms with E-state index in [0.29, 0.717) is 4.90 Å². The Morgan fingerprint density at radius 2 is 2.06 bits per heavy atom. The molecule has 0 aromatic rings. The number of ether oxygens (including phenoxy) is 1. The van der Waals surface area contributed by atoms with Gasteiger partial charge in [0.1, 0.15) is 12.5 Å². The fourth-order valence-corrected chi connectivity index (χ4v) is 1.55. The number of aliphatic carboxylic acids is 1. The van der Waals surface area contributed by atoms with Crippen LogP contribution in [0.25, 0.3) is 0 Å². The van der Waals surface area contributed by atoms with E-state index in [2.05, 4.69) is 5.32 Å². The van der Waals surface area contributed by atoms with Crippen molar-refractivity contribution in [2.75, 3.05) is 26.8 Å². The molecule has 1 heterocycles. The fraction of sp³-hybridized carbons (Fsp3) is 0.778. The first-order valence-corrected chi connectivity index (χ1v) is 5.09. The average Bonchev–Trinajstić information content (AvgIpc) is 2.62. The topological polar surface area (TPSA) is 78.9 Å². The zero-order valence-electron chi connectivity index (χ0n) is 9.53. The maximum absolute atomic E-state index is 12.0. The molecule has 2 unspecified atom stereocenters. The minimum Gasteiger partial charge on any atom is -0.481 e. The van der Waals surface area contributed by atoms with E-state index in [9.17, 15) is 22.8 Å². The Labute approximate surface area is 101 Å². The number of hydrogen-bond donors (Lipinski definition) is 2. The predicted molar refractivity (Wildman–Crippen MR) is 52.9 cm³/mol. The molecule has 0 saturated carbocycles. The van der Waals surface area contributed by atoms with E-state index in [1.807, 2.05) is 0 Å². The average molecular weight is 270 g/mol.